The Balaban J connectivity index is 1.38. The summed E-state index contributed by atoms with van der Waals surface area (Å²) in [7, 11) is 0. The molecule has 0 bridgehead atoms. The number of nitrogens with one attached hydrogen (secondary N) is 1. The highest BCUT2D eigenvalue weighted by molar-refractivity contribution is 5.72. The van der Waals surface area contributed by atoms with Crippen LogP contribution in [0.4, 0.5) is 13.6 Å². The third kappa shape index (κ3) is 4.69. The lowest BCUT2D eigenvalue weighted by atomic mass is 9.93. The lowest BCUT2D eigenvalue weighted by Crippen LogP contribution is -2.37. The van der Waals surface area contributed by atoms with Crippen LogP contribution in [-0.4, -0.2) is 60.5 Å². The highest BCUT2D eigenvalue weighted by Gasteiger charge is 2.27. The molecule has 3 aromatic heterocycles. The second kappa shape index (κ2) is 9.16. The number of H-pyrrole nitrogens is 1. The third-order valence-electron chi connectivity index (χ3n) is 5.93. The second-order valence-electron chi connectivity index (χ2n) is 8.13. The number of hydrogen-bond acceptors (Lipinski definition) is 7. The van der Waals surface area contributed by atoms with Crippen molar-refractivity contribution in [2.75, 3.05) is 13.1 Å². The number of likely N-dealkylation sites (tertiary alicyclic amines) is 1. The number of aromatic nitrogens is 5. The summed E-state index contributed by atoms with van der Waals surface area (Å²) in [5, 5.41) is 17.6. The predicted molar refractivity (Wildman–Crippen MR) is 117 cm³/mol. The number of carboxylic acid groups (broad SMARTS) is 1. The highest BCUT2D eigenvalue weighted by Crippen LogP contribution is 2.29. The fourth-order valence-electron chi connectivity index (χ4n) is 4.23. The molecule has 2 N–H and O–H groups in total. The average Bonchev–Trinajstić information content (AvgIpc) is 3.46. The van der Waals surface area contributed by atoms with E-state index in [4.69, 9.17) is 4.52 Å². The number of piperidine rings is 1. The number of ether oxygens (including phenoxy) is 1. The van der Waals surface area contributed by atoms with Crippen LogP contribution in [0.15, 0.2) is 45.8 Å². The summed E-state index contributed by atoms with van der Waals surface area (Å²) < 4.78 is 35.9. The van der Waals surface area contributed by atoms with E-state index in [2.05, 4.69) is 25.0 Å². The number of carbonyl (C=O) groups is 1. The summed E-state index contributed by atoms with van der Waals surface area (Å²) in [5.74, 6) is 0.554. The van der Waals surface area contributed by atoms with Crippen molar-refractivity contribution in [2.45, 2.75) is 31.8 Å². The number of benzene rings is 1. The number of rotatable bonds is 6. The molecule has 1 aliphatic rings. The highest BCUT2D eigenvalue weighted by atomic mass is 19.3. The van der Waals surface area contributed by atoms with Crippen LogP contribution in [-0.2, 0) is 6.42 Å². The second-order valence-corrected chi connectivity index (χ2v) is 8.13. The Labute approximate surface area is 195 Å². The van der Waals surface area contributed by atoms with Gasteiger partial charge in [-0.05, 0) is 30.5 Å². The van der Waals surface area contributed by atoms with Crippen LogP contribution in [0.2, 0.25) is 0 Å². The summed E-state index contributed by atoms with van der Waals surface area (Å²) in [6.45, 7) is -2.13. The van der Waals surface area contributed by atoms with E-state index in [1.807, 2.05) is 0 Å². The van der Waals surface area contributed by atoms with E-state index in [0.717, 1.165) is 5.56 Å². The predicted octanol–water partition coefficient (Wildman–Crippen LogP) is 3.12. The summed E-state index contributed by atoms with van der Waals surface area (Å²) in [6.07, 6.45) is 2.00. The van der Waals surface area contributed by atoms with Gasteiger partial charge < -0.3 is 24.3 Å². The van der Waals surface area contributed by atoms with Crippen molar-refractivity contribution in [3.63, 3.8) is 0 Å². The van der Waals surface area contributed by atoms with Gasteiger partial charge in [0.25, 0.3) is 5.56 Å². The molecule has 35 heavy (non-hydrogen) atoms. The van der Waals surface area contributed by atoms with Gasteiger partial charge in [-0.25, -0.2) is 9.31 Å². The molecule has 1 saturated heterocycles. The van der Waals surface area contributed by atoms with Gasteiger partial charge in [-0.2, -0.15) is 18.9 Å². The van der Waals surface area contributed by atoms with Crippen LogP contribution >= 0.6 is 0 Å². The van der Waals surface area contributed by atoms with E-state index in [9.17, 15) is 23.5 Å². The number of nitrogens with zero attached hydrogens (tertiary/aromatic N) is 5. The van der Waals surface area contributed by atoms with Gasteiger partial charge in [-0.1, -0.05) is 17.3 Å². The first kappa shape index (κ1) is 22.5. The van der Waals surface area contributed by atoms with Gasteiger partial charge in [0.2, 0.25) is 11.7 Å². The Kier molecular flexibility index (Phi) is 5.89. The minimum atomic E-state index is -2.89. The zero-order valence-corrected chi connectivity index (χ0v) is 18.2. The molecular formula is C22H20F2N6O5. The molecule has 0 aliphatic carbocycles. The maximum atomic E-state index is 12.4. The van der Waals surface area contributed by atoms with Crippen LogP contribution < -0.4 is 10.3 Å². The average molecular weight is 486 g/mol. The molecule has 0 saturated carbocycles. The van der Waals surface area contributed by atoms with E-state index < -0.39 is 12.7 Å². The van der Waals surface area contributed by atoms with Crippen LogP contribution in [0.25, 0.3) is 17.0 Å². The van der Waals surface area contributed by atoms with Gasteiger partial charge in [-0.3, -0.25) is 4.79 Å². The molecule has 1 amide bonds. The standard InChI is InChI=1S/C22H20F2N6O5/c23-21(24)34-14-3-1-12(2-4-14)9-18-27-19(28-35-18)15-11-25-30-16(10-17(31)26-20(15)30)13-5-7-29(8-6-13)22(32)33/h1-4,10-11,13,21H,5-9H2,(H,26,31)(H,32,33). The number of hydrogen-bond donors (Lipinski definition) is 2. The molecule has 1 aromatic carbocycles. The quantitative estimate of drug-likeness (QED) is 0.424. The van der Waals surface area contributed by atoms with E-state index in [1.165, 1.54) is 29.3 Å². The number of alkyl halides is 2. The van der Waals surface area contributed by atoms with Crippen LogP contribution in [0.5, 0.6) is 5.75 Å². The smallest absolute Gasteiger partial charge is 0.407 e. The molecule has 4 heterocycles. The summed E-state index contributed by atoms with van der Waals surface area (Å²) in [6, 6.07) is 7.58. The lowest BCUT2D eigenvalue weighted by Gasteiger charge is -2.30. The molecule has 182 valence electrons. The molecular weight excluding hydrogens is 466 g/mol. The number of halogens is 2. The first-order chi connectivity index (χ1) is 16.9. The molecule has 11 nitrogen and oxygen atoms in total. The zero-order valence-electron chi connectivity index (χ0n) is 18.2. The van der Waals surface area contributed by atoms with Crippen molar-refractivity contribution < 1.29 is 27.9 Å². The topological polar surface area (TPSA) is 139 Å². The largest absolute Gasteiger partial charge is 0.465 e. The molecule has 0 unspecified atom stereocenters. The Morgan fingerprint density at radius 2 is 2.00 bits per heavy atom. The van der Waals surface area contributed by atoms with E-state index >= 15 is 0 Å². The van der Waals surface area contributed by atoms with Gasteiger partial charge in [0.1, 0.15) is 11.4 Å². The molecule has 4 aromatic rings. The summed E-state index contributed by atoms with van der Waals surface area (Å²) in [5.41, 5.74) is 2.02. The Hall–Kier alpha value is -4.29. The maximum absolute atomic E-state index is 12.4. The van der Waals surface area contributed by atoms with Gasteiger partial charge in [-0.15, -0.1) is 0 Å². The number of fused-ring (bicyclic) bond motifs is 1. The van der Waals surface area contributed by atoms with Crippen molar-refractivity contribution in [1.29, 1.82) is 0 Å². The summed E-state index contributed by atoms with van der Waals surface area (Å²) >= 11 is 0. The first-order valence-electron chi connectivity index (χ1n) is 10.8. The van der Waals surface area contributed by atoms with Gasteiger partial charge in [0.15, 0.2) is 0 Å². The maximum Gasteiger partial charge on any atom is 0.407 e. The van der Waals surface area contributed by atoms with Crippen LogP contribution in [0, 0.1) is 0 Å². The van der Waals surface area contributed by atoms with Crippen molar-refractivity contribution in [2.24, 2.45) is 0 Å². The third-order valence-corrected chi connectivity index (χ3v) is 5.93. The van der Waals surface area contributed by atoms with E-state index in [1.54, 1.807) is 16.6 Å². The molecule has 1 fully saturated rings. The van der Waals surface area contributed by atoms with Crippen LogP contribution in [0.3, 0.4) is 0 Å². The van der Waals surface area contributed by atoms with Crippen molar-refractivity contribution in [3.05, 3.63) is 64.0 Å². The fourth-order valence-corrected chi connectivity index (χ4v) is 4.23. The first-order valence-corrected chi connectivity index (χ1v) is 10.8. The molecule has 1 aliphatic heterocycles. The normalized spacial score (nSPS) is 14.7. The Morgan fingerprint density at radius 1 is 1.26 bits per heavy atom. The van der Waals surface area contributed by atoms with Gasteiger partial charge in [0.05, 0.1) is 23.9 Å². The van der Waals surface area contributed by atoms with E-state index in [0.29, 0.717) is 48.7 Å². The number of amides is 1. The van der Waals surface area contributed by atoms with Gasteiger partial charge in [0, 0.05) is 25.1 Å². The Morgan fingerprint density at radius 3 is 2.69 bits per heavy atom. The molecule has 0 radical (unpaired) electrons. The summed E-state index contributed by atoms with van der Waals surface area (Å²) in [4.78, 5) is 32.1. The molecule has 13 heteroatoms. The molecule has 0 spiro atoms. The monoisotopic (exact) mass is 486 g/mol. The molecule has 0 atom stereocenters. The van der Waals surface area contributed by atoms with Gasteiger partial charge >= 0.3 is 12.7 Å². The van der Waals surface area contributed by atoms with Crippen molar-refractivity contribution in [1.82, 2.24) is 29.6 Å². The van der Waals surface area contributed by atoms with Crippen LogP contribution in [0.1, 0.15) is 35.9 Å². The van der Waals surface area contributed by atoms with Crippen molar-refractivity contribution >= 4 is 11.7 Å². The fraction of sp³-hybridized carbons (Fsp3) is 0.318. The minimum absolute atomic E-state index is 0.0269. The lowest BCUT2D eigenvalue weighted by molar-refractivity contribution is -0.0498. The minimum Gasteiger partial charge on any atom is -0.465 e. The number of aromatic amines is 1. The molecule has 5 rings (SSSR count). The Bertz CT molecular complexity index is 1410. The van der Waals surface area contributed by atoms with E-state index in [-0.39, 0.29) is 29.5 Å². The SMILES string of the molecule is O=C(O)N1CCC(c2cc(=O)[nH]c3c(-c4noc(Cc5ccc(OC(F)F)cc5)n4)cnn23)CC1. The zero-order chi connectivity index (χ0) is 24.5. The van der Waals surface area contributed by atoms with Crippen molar-refractivity contribution in [3.8, 4) is 17.1 Å².